The molecule has 2 aromatic rings. The van der Waals surface area contributed by atoms with Crippen molar-refractivity contribution >= 4 is 29.1 Å². The average Bonchev–Trinajstić information content (AvgIpc) is 3.16. The summed E-state index contributed by atoms with van der Waals surface area (Å²) in [5.74, 6) is 0.162. The maximum absolute atomic E-state index is 12.9. The number of phenolic OH excluding ortho intramolecular Hbond substituents is 1. The summed E-state index contributed by atoms with van der Waals surface area (Å²) in [6, 6.07) is 8.67. The zero-order valence-electron chi connectivity index (χ0n) is 17.9. The normalized spacial score (nSPS) is 16.8. The van der Waals surface area contributed by atoms with Gasteiger partial charge in [-0.2, -0.15) is 0 Å². The van der Waals surface area contributed by atoms with Crippen molar-refractivity contribution in [2.45, 2.75) is 32.4 Å². The molecule has 0 spiro atoms. The number of nitrogen functional groups attached to an aromatic ring is 1. The van der Waals surface area contributed by atoms with Gasteiger partial charge in [-0.3, -0.25) is 9.69 Å². The Morgan fingerprint density at radius 1 is 1.35 bits per heavy atom. The molecule has 166 valence electrons. The van der Waals surface area contributed by atoms with Crippen LogP contribution in [0.1, 0.15) is 41.3 Å². The number of nitrogens with zero attached hydrogens (tertiary/aromatic N) is 1. The van der Waals surface area contributed by atoms with Gasteiger partial charge in [0.05, 0.1) is 18.8 Å². The number of allylic oxidation sites excluding steroid dienone is 1. The summed E-state index contributed by atoms with van der Waals surface area (Å²) in [5.41, 5.74) is 8.03. The van der Waals surface area contributed by atoms with E-state index in [1.54, 1.807) is 37.5 Å². The Morgan fingerprint density at radius 3 is 2.87 bits per heavy atom. The third kappa shape index (κ3) is 5.79. The van der Waals surface area contributed by atoms with E-state index < -0.39 is 0 Å². The molecule has 0 aromatic heterocycles. The number of hydrogen-bond acceptors (Lipinski definition) is 6. The van der Waals surface area contributed by atoms with Crippen molar-refractivity contribution in [3.8, 4) is 11.5 Å². The van der Waals surface area contributed by atoms with Crippen LogP contribution in [0, 0.1) is 0 Å². The number of methoxy groups -OCH3 is 1. The van der Waals surface area contributed by atoms with Crippen molar-refractivity contribution in [3.63, 3.8) is 0 Å². The molecule has 1 atom stereocenters. The summed E-state index contributed by atoms with van der Waals surface area (Å²) >= 11 is 6.18. The van der Waals surface area contributed by atoms with Crippen LogP contribution in [0.4, 0.5) is 5.69 Å². The molecule has 1 aliphatic heterocycles. The van der Waals surface area contributed by atoms with E-state index >= 15 is 0 Å². The van der Waals surface area contributed by atoms with E-state index in [0.29, 0.717) is 47.8 Å². The molecule has 1 fully saturated rings. The molecule has 2 aromatic carbocycles. The first-order valence-electron chi connectivity index (χ1n) is 10.4. The highest BCUT2D eigenvalue weighted by molar-refractivity contribution is 6.32. The van der Waals surface area contributed by atoms with E-state index in [4.69, 9.17) is 26.8 Å². The fraction of sp³-hybridized carbons (Fsp3) is 0.375. The Hall–Kier alpha value is -2.54. The van der Waals surface area contributed by atoms with Crippen molar-refractivity contribution in [1.82, 2.24) is 4.90 Å². The van der Waals surface area contributed by atoms with Gasteiger partial charge >= 0.3 is 0 Å². The van der Waals surface area contributed by atoms with E-state index in [0.717, 1.165) is 24.9 Å². The molecular weight excluding hydrogens is 416 g/mol. The highest BCUT2D eigenvalue weighted by atomic mass is 35.5. The number of anilines is 1. The molecule has 3 N–H and O–H groups in total. The minimum absolute atomic E-state index is 0.111. The van der Waals surface area contributed by atoms with Gasteiger partial charge in [-0.05, 0) is 62.2 Å². The molecule has 3 rings (SSSR count). The molecule has 1 aliphatic rings. The standard InChI is InChI=1S/C24H29ClN2O4/c1-3-31-24-13-23(29)20(11-17(24)14-27-10-4-5-19(27)15-30-2)22(28)9-7-16-6-8-18(26)12-21(16)25/h6-9,11-13,19,29H,3-5,10,14-15,26H2,1-2H3/b9-7+/t19-/m0/s1. The maximum atomic E-state index is 12.9. The number of ether oxygens (including phenoxy) is 2. The SMILES string of the molecule is CCOc1cc(O)c(C(=O)/C=C/c2ccc(N)cc2Cl)cc1CN1CCC[C@H]1COC. The summed E-state index contributed by atoms with van der Waals surface area (Å²) < 4.78 is 11.1. The molecular formula is C24H29ClN2O4. The minimum atomic E-state index is -0.315. The molecule has 7 heteroatoms. The molecule has 0 amide bonds. The number of hydrogen-bond donors (Lipinski definition) is 2. The molecule has 1 saturated heterocycles. The Morgan fingerprint density at radius 2 is 2.16 bits per heavy atom. The van der Waals surface area contributed by atoms with Gasteiger partial charge in [0.25, 0.3) is 0 Å². The van der Waals surface area contributed by atoms with Gasteiger partial charge in [-0.25, -0.2) is 0 Å². The highest BCUT2D eigenvalue weighted by Crippen LogP contribution is 2.32. The molecule has 0 bridgehead atoms. The third-order valence-corrected chi connectivity index (χ3v) is 5.74. The smallest absolute Gasteiger partial charge is 0.189 e. The first kappa shape index (κ1) is 23.1. The monoisotopic (exact) mass is 444 g/mol. The summed E-state index contributed by atoms with van der Waals surface area (Å²) in [5, 5.41) is 10.9. The molecule has 6 nitrogen and oxygen atoms in total. The van der Waals surface area contributed by atoms with Crippen LogP contribution in [0.5, 0.6) is 11.5 Å². The average molecular weight is 445 g/mol. The van der Waals surface area contributed by atoms with Gasteiger partial charge in [0.2, 0.25) is 0 Å². The van der Waals surface area contributed by atoms with Crippen LogP contribution in [-0.2, 0) is 11.3 Å². The maximum Gasteiger partial charge on any atom is 0.189 e. The van der Waals surface area contributed by atoms with Crippen LogP contribution >= 0.6 is 11.6 Å². The fourth-order valence-electron chi connectivity index (χ4n) is 3.86. The molecule has 0 aliphatic carbocycles. The second-order valence-corrected chi connectivity index (χ2v) is 8.02. The van der Waals surface area contributed by atoms with E-state index in [9.17, 15) is 9.90 Å². The van der Waals surface area contributed by atoms with Crippen LogP contribution in [0.15, 0.2) is 36.4 Å². The second kappa shape index (κ2) is 10.7. The highest BCUT2D eigenvalue weighted by Gasteiger charge is 2.26. The second-order valence-electron chi connectivity index (χ2n) is 7.61. The fourth-order valence-corrected chi connectivity index (χ4v) is 4.11. The van der Waals surface area contributed by atoms with E-state index in [1.807, 2.05) is 6.92 Å². The number of carbonyl (C=O) groups excluding carboxylic acids is 1. The van der Waals surface area contributed by atoms with E-state index in [1.165, 1.54) is 12.1 Å². The molecule has 0 unspecified atom stereocenters. The van der Waals surface area contributed by atoms with Crippen molar-refractivity contribution in [3.05, 3.63) is 58.1 Å². The lowest BCUT2D eigenvalue weighted by atomic mass is 10.0. The Kier molecular flexibility index (Phi) is 7.96. The van der Waals surface area contributed by atoms with Gasteiger partial charge in [0, 0.05) is 42.0 Å². The van der Waals surface area contributed by atoms with Gasteiger partial charge in [0.1, 0.15) is 11.5 Å². The number of phenols is 1. The van der Waals surface area contributed by atoms with Crippen LogP contribution < -0.4 is 10.5 Å². The number of likely N-dealkylation sites (tertiary alicyclic amines) is 1. The number of halogens is 1. The minimum Gasteiger partial charge on any atom is -0.507 e. The first-order valence-corrected chi connectivity index (χ1v) is 10.8. The molecule has 0 radical (unpaired) electrons. The first-order chi connectivity index (χ1) is 14.9. The lowest BCUT2D eigenvalue weighted by Crippen LogP contribution is -2.32. The van der Waals surface area contributed by atoms with Gasteiger partial charge in [0.15, 0.2) is 5.78 Å². The number of rotatable bonds is 9. The number of nitrogens with two attached hydrogens (primary N) is 1. The molecule has 31 heavy (non-hydrogen) atoms. The van der Waals surface area contributed by atoms with Crippen LogP contribution in [0.2, 0.25) is 5.02 Å². The quantitative estimate of drug-likeness (QED) is 0.335. The van der Waals surface area contributed by atoms with Gasteiger partial charge in [-0.15, -0.1) is 0 Å². The number of benzene rings is 2. The van der Waals surface area contributed by atoms with Crippen molar-refractivity contribution in [2.75, 3.05) is 32.6 Å². The largest absolute Gasteiger partial charge is 0.507 e. The lowest BCUT2D eigenvalue weighted by molar-refractivity contribution is 0.104. The summed E-state index contributed by atoms with van der Waals surface area (Å²) in [6.07, 6.45) is 5.20. The zero-order valence-corrected chi connectivity index (χ0v) is 18.7. The summed E-state index contributed by atoms with van der Waals surface area (Å²) in [4.78, 5) is 15.2. The number of aromatic hydroxyl groups is 1. The van der Waals surface area contributed by atoms with Gasteiger partial charge in [-0.1, -0.05) is 17.7 Å². The third-order valence-electron chi connectivity index (χ3n) is 5.41. The number of ketones is 1. The number of carbonyl (C=O) groups is 1. The van der Waals surface area contributed by atoms with Crippen molar-refractivity contribution in [1.29, 1.82) is 0 Å². The Labute approximate surface area is 188 Å². The van der Waals surface area contributed by atoms with Crippen LogP contribution in [0.3, 0.4) is 0 Å². The summed E-state index contributed by atoms with van der Waals surface area (Å²) in [7, 11) is 1.71. The van der Waals surface area contributed by atoms with Crippen molar-refractivity contribution in [2.24, 2.45) is 0 Å². The van der Waals surface area contributed by atoms with Crippen LogP contribution in [-0.4, -0.2) is 48.7 Å². The van der Waals surface area contributed by atoms with Crippen LogP contribution in [0.25, 0.3) is 6.08 Å². The molecule has 0 saturated carbocycles. The lowest BCUT2D eigenvalue weighted by Gasteiger charge is -2.25. The predicted octanol–water partition coefficient (Wildman–Crippen LogP) is 4.53. The zero-order chi connectivity index (χ0) is 22.4. The Balaban J connectivity index is 1.86. The Bertz CT molecular complexity index is 961. The molecule has 1 heterocycles. The summed E-state index contributed by atoms with van der Waals surface area (Å²) in [6.45, 7) is 4.61. The van der Waals surface area contributed by atoms with Gasteiger partial charge < -0.3 is 20.3 Å². The van der Waals surface area contributed by atoms with E-state index in [2.05, 4.69) is 4.90 Å². The van der Waals surface area contributed by atoms with Crippen molar-refractivity contribution < 1.29 is 19.4 Å². The van der Waals surface area contributed by atoms with E-state index in [-0.39, 0.29) is 17.1 Å². The predicted molar refractivity (Wildman–Crippen MR) is 124 cm³/mol. The topological polar surface area (TPSA) is 85.0 Å².